The van der Waals surface area contributed by atoms with E-state index in [9.17, 15) is 14.4 Å². The van der Waals surface area contributed by atoms with Crippen molar-refractivity contribution in [2.75, 3.05) is 6.61 Å². The number of ketones is 2. The molecule has 2 unspecified atom stereocenters. The third-order valence-corrected chi connectivity index (χ3v) is 7.02. The van der Waals surface area contributed by atoms with Gasteiger partial charge in [-0.25, -0.2) is 0 Å². The summed E-state index contributed by atoms with van der Waals surface area (Å²) in [6, 6.07) is 0. The first-order valence-corrected chi connectivity index (χ1v) is 11.7. The Morgan fingerprint density at radius 3 is 2.50 bits per heavy atom. The van der Waals surface area contributed by atoms with Gasteiger partial charge in [-0.1, -0.05) is 38.5 Å². The Bertz CT molecular complexity index is 565. The van der Waals surface area contributed by atoms with E-state index in [1.165, 1.54) is 43.9 Å². The largest absolute Gasteiger partial charge is 0.465 e. The van der Waals surface area contributed by atoms with E-state index in [2.05, 4.69) is 5.40 Å². The second kappa shape index (κ2) is 13.0. The first-order chi connectivity index (χ1) is 13.6. The molecule has 0 N–H and O–H groups in total. The standard InChI is InChI=1S/C22H33NO4S/c23-16-28-21(17-8-4-3-5-9-17)11-7-2-1-6-10-19(24)15-20(25)14-18-12-13-27-22(18)26/h17-18,21H,1-15H2. The molecule has 1 aliphatic heterocycles. The molecule has 6 heteroatoms. The summed E-state index contributed by atoms with van der Waals surface area (Å²) in [7, 11) is 0. The van der Waals surface area contributed by atoms with Crippen LogP contribution in [0, 0.1) is 22.5 Å². The number of unbranched alkanes of at least 4 members (excludes halogenated alkanes) is 3. The first-order valence-electron chi connectivity index (χ1n) is 10.8. The lowest BCUT2D eigenvalue weighted by atomic mass is 9.85. The molecular weight excluding hydrogens is 374 g/mol. The summed E-state index contributed by atoms with van der Waals surface area (Å²) in [6.45, 7) is 0.388. The smallest absolute Gasteiger partial charge is 0.309 e. The molecule has 28 heavy (non-hydrogen) atoms. The summed E-state index contributed by atoms with van der Waals surface area (Å²) in [5.41, 5.74) is 0. The second-order valence-electron chi connectivity index (χ2n) is 8.21. The molecule has 0 spiro atoms. The fraction of sp³-hybridized carbons (Fsp3) is 0.818. The van der Waals surface area contributed by atoms with Crippen LogP contribution >= 0.6 is 11.8 Å². The van der Waals surface area contributed by atoms with Gasteiger partial charge >= 0.3 is 5.97 Å². The van der Waals surface area contributed by atoms with Gasteiger partial charge in [0.1, 0.15) is 17.0 Å². The molecule has 1 aliphatic carbocycles. The second-order valence-corrected chi connectivity index (χ2v) is 9.23. The molecule has 2 rings (SSSR count). The Labute approximate surface area is 173 Å². The van der Waals surface area contributed by atoms with E-state index in [1.54, 1.807) is 0 Å². The first kappa shape index (κ1) is 22.9. The Kier molecular flexibility index (Phi) is 10.6. The Morgan fingerprint density at radius 1 is 1.07 bits per heavy atom. The molecular formula is C22H33NO4S. The van der Waals surface area contributed by atoms with Crippen LogP contribution in [0.25, 0.3) is 0 Å². The molecule has 156 valence electrons. The summed E-state index contributed by atoms with van der Waals surface area (Å²) in [5.74, 6) is -0.108. The number of esters is 1. The van der Waals surface area contributed by atoms with Gasteiger partial charge in [-0.05, 0) is 49.8 Å². The maximum Gasteiger partial charge on any atom is 0.309 e. The van der Waals surface area contributed by atoms with Gasteiger partial charge in [0.15, 0.2) is 0 Å². The van der Waals surface area contributed by atoms with Crippen LogP contribution in [0.1, 0.15) is 89.9 Å². The van der Waals surface area contributed by atoms with Crippen LogP contribution < -0.4 is 0 Å². The highest BCUT2D eigenvalue weighted by atomic mass is 32.2. The van der Waals surface area contributed by atoms with Crippen LogP contribution in [-0.4, -0.2) is 29.4 Å². The minimum absolute atomic E-state index is 0.0171. The van der Waals surface area contributed by atoms with Crippen molar-refractivity contribution in [1.29, 1.82) is 5.26 Å². The summed E-state index contributed by atoms with van der Waals surface area (Å²) >= 11 is 1.45. The minimum Gasteiger partial charge on any atom is -0.465 e. The fourth-order valence-electron chi connectivity index (χ4n) is 4.36. The van der Waals surface area contributed by atoms with Gasteiger partial charge in [-0.3, -0.25) is 14.4 Å². The Hall–Kier alpha value is -1.35. The quantitative estimate of drug-likeness (QED) is 0.185. The zero-order valence-corrected chi connectivity index (χ0v) is 17.6. The molecule has 2 aliphatic rings. The zero-order chi connectivity index (χ0) is 20.2. The van der Waals surface area contributed by atoms with Crippen molar-refractivity contribution in [3.8, 4) is 5.40 Å². The number of nitriles is 1. The van der Waals surface area contributed by atoms with Crippen molar-refractivity contribution in [2.45, 2.75) is 95.1 Å². The number of carbonyl (C=O) groups excluding carboxylic acids is 3. The molecule has 5 nitrogen and oxygen atoms in total. The van der Waals surface area contributed by atoms with E-state index < -0.39 is 0 Å². The summed E-state index contributed by atoms with van der Waals surface area (Å²) in [5, 5.41) is 11.8. The van der Waals surface area contributed by atoms with E-state index in [1.807, 2.05) is 0 Å². The molecule has 0 aromatic carbocycles. The number of ether oxygens (including phenoxy) is 1. The highest BCUT2D eigenvalue weighted by Gasteiger charge is 2.29. The van der Waals surface area contributed by atoms with E-state index in [0.29, 0.717) is 30.6 Å². The summed E-state index contributed by atoms with van der Waals surface area (Å²) in [6.07, 6.45) is 12.7. The minimum atomic E-state index is -0.344. The molecule has 0 amide bonds. The highest BCUT2D eigenvalue weighted by Crippen LogP contribution is 2.35. The SMILES string of the molecule is N#CSC(CCCCCCC(=O)CC(=O)CC1CCOC1=O)C1CCCCC1. The van der Waals surface area contributed by atoms with Crippen molar-refractivity contribution < 1.29 is 19.1 Å². The molecule has 0 aromatic rings. The lowest BCUT2D eigenvalue weighted by Crippen LogP contribution is -2.20. The monoisotopic (exact) mass is 407 g/mol. The molecule has 1 saturated heterocycles. The summed E-state index contributed by atoms with van der Waals surface area (Å²) < 4.78 is 4.85. The normalized spacial score (nSPS) is 21.1. The van der Waals surface area contributed by atoms with E-state index in [4.69, 9.17) is 10.00 Å². The summed E-state index contributed by atoms with van der Waals surface area (Å²) in [4.78, 5) is 35.3. The van der Waals surface area contributed by atoms with Gasteiger partial charge < -0.3 is 4.74 Å². The van der Waals surface area contributed by atoms with Crippen LogP contribution in [0.3, 0.4) is 0 Å². The molecule has 0 radical (unpaired) electrons. The average molecular weight is 408 g/mol. The third-order valence-electron chi connectivity index (χ3n) is 5.99. The maximum absolute atomic E-state index is 12.0. The molecule has 1 saturated carbocycles. The zero-order valence-electron chi connectivity index (χ0n) is 16.8. The Balaban J connectivity index is 1.52. The van der Waals surface area contributed by atoms with Crippen LogP contribution in [0.15, 0.2) is 0 Å². The fourth-order valence-corrected chi connectivity index (χ4v) is 5.25. The Morgan fingerprint density at radius 2 is 1.82 bits per heavy atom. The van der Waals surface area contributed by atoms with Crippen molar-refractivity contribution in [3.63, 3.8) is 0 Å². The number of hydrogen-bond donors (Lipinski definition) is 0. The van der Waals surface area contributed by atoms with Crippen LogP contribution in [0.2, 0.25) is 0 Å². The molecule has 1 heterocycles. The van der Waals surface area contributed by atoms with Gasteiger partial charge in [0.2, 0.25) is 0 Å². The topological polar surface area (TPSA) is 84.2 Å². The number of hydrogen-bond acceptors (Lipinski definition) is 6. The van der Waals surface area contributed by atoms with Gasteiger partial charge in [0.05, 0.1) is 18.9 Å². The van der Waals surface area contributed by atoms with Crippen LogP contribution in [0.4, 0.5) is 0 Å². The van der Waals surface area contributed by atoms with Crippen molar-refractivity contribution in [3.05, 3.63) is 0 Å². The van der Waals surface area contributed by atoms with Crippen molar-refractivity contribution >= 4 is 29.3 Å². The molecule has 2 fully saturated rings. The van der Waals surface area contributed by atoms with Gasteiger partial charge in [-0.15, -0.1) is 0 Å². The highest BCUT2D eigenvalue weighted by molar-refractivity contribution is 8.04. The lowest BCUT2D eigenvalue weighted by molar-refractivity contribution is -0.143. The van der Waals surface area contributed by atoms with Gasteiger partial charge in [0.25, 0.3) is 0 Å². The van der Waals surface area contributed by atoms with Gasteiger partial charge in [0, 0.05) is 18.1 Å². The van der Waals surface area contributed by atoms with E-state index in [0.717, 1.165) is 32.1 Å². The third kappa shape index (κ3) is 8.34. The number of Topliss-reactive ketones (excluding diaryl/α,β-unsaturated/α-hetero) is 2. The maximum atomic E-state index is 12.0. The lowest BCUT2D eigenvalue weighted by Gasteiger charge is -2.28. The number of nitrogens with zero attached hydrogens (tertiary/aromatic N) is 1. The van der Waals surface area contributed by atoms with Crippen LogP contribution in [0.5, 0.6) is 0 Å². The van der Waals surface area contributed by atoms with Crippen molar-refractivity contribution in [2.24, 2.45) is 11.8 Å². The molecule has 2 atom stereocenters. The van der Waals surface area contributed by atoms with E-state index >= 15 is 0 Å². The van der Waals surface area contributed by atoms with Crippen molar-refractivity contribution in [1.82, 2.24) is 0 Å². The van der Waals surface area contributed by atoms with Gasteiger partial charge in [-0.2, -0.15) is 5.26 Å². The number of thiocyanates is 1. The molecule has 0 bridgehead atoms. The average Bonchev–Trinajstić information content (AvgIpc) is 3.08. The number of cyclic esters (lactones) is 1. The number of rotatable bonds is 13. The number of carbonyl (C=O) groups is 3. The number of thioether (sulfide) groups is 1. The predicted octanol–water partition coefficient (Wildman–Crippen LogP) is 4.97. The van der Waals surface area contributed by atoms with E-state index in [-0.39, 0.29) is 36.3 Å². The molecule has 0 aromatic heterocycles. The van der Waals surface area contributed by atoms with Crippen LogP contribution in [-0.2, 0) is 19.1 Å². The predicted molar refractivity (Wildman–Crippen MR) is 110 cm³/mol.